The highest BCUT2D eigenvalue weighted by Crippen LogP contribution is 2.40. The van der Waals surface area contributed by atoms with Gasteiger partial charge in [0.05, 0.1) is 12.5 Å². The first-order chi connectivity index (χ1) is 17.3. The molecule has 0 radical (unpaired) electrons. The molecule has 0 bridgehead atoms. The average molecular weight is 513 g/mol. The van der Waals surface area contributed by atoms with E-state index < -0.39 is 47.3 Å². The summed E-state index contributed by atoms with van der Waals surface area (Å²) < 4.78 is 27.2. The predicted octanol–water partition coefficient (Wildman–Crippen LogP) is 3.31. The lowest BCUT2D eigenvalue weighted by Crippen LogP contribution is -2.58. The van der Waals surface area contributed by atoms with Gasteiger partial charge in [0.15, 0.2) is 6.10 Å². The van der Waals surface area contributed by atoms with Gasteiger partial charge in [-0.25, -0.2) is 4.79 Å². The number of esters is 4. The van der Waals surface area contributed by atoms with E-state index in [4.69, 9.17) is 23.7 Å². The number of carbonyl (C=O) groups is 5. The molecule has 10 nitrogen and oxygen atoms in total. The lowest BCUT2D eigenvalue weighted by atomic mass is 9.74. The summed E-state index contributed by atoms with van der Waals surface area (Å²) in [5.41, 5.74) is -1.24. The zero-order chi connectivity index (χ0) is 27.5. The second-order valence-corrected chi connectivity index (χ2v) is 8.80. The fraction of sp³-hybridized carbons (Fsp3) is 0.370. The molecule has 1 aromatic rings. The second kappa shape index (κ2) is 10.8. The highest BCUT2D eigenvalue weighted by Gasteiger charge is 2.55. The number of carbonyl (C=O) groups excluding carboxylic acids is 5. The Morgan fingerprint density at radius 1 is 1.03 bits per heavy atom. The predicted molar refractivity (Wildman–Crippen MR) is 129 cm³/mol. The van der Waals surface area contributed by atoms with Gasteiger partial charge in [0.1, 0.15) is 22.8 Å². The molecule has 0 saturated carbocycles. The van der Waals surface area contributed by atoms with Gasteiger partial charge >= 0.3 is 23.9 Å². The van der Waals surface area contributed by atoms with Crippen LogP contribution >= 0.6 is 0 Å². The van der Waals surface area contributed by atoms with Gasteiger partial charge in [0, 0.05) is 26.8 Å². The SMILES string of the molecule is C/C=C\C1=CC2=CC(=O)[C@](C)(OC(=O)c3c(C)cc(OC(C)=O)cc3OC(C)=O)[C@H](OC(C)=O)[C@H]2CO1. The highest BCUT2D eigenvalue weighted by atomic mass is 16.6. The van der Waals surface area contributed by atoms with Crippen LogP contribution in [-0.4, -0.2) is 48.0 Å². The Hall–Kier alpha value is -4.21. The Morgan fingerprint density at radius 3 is 2.30 bits per heavy atom. The summed E-state index contributed by atoms with van der Waals surface area (Å²) in [7, 11) is 0. The van der Waals surface area contributed by atoms with E-state index in [1.165, 1.54) is 45.9 Å². The third kappa shape index (κ3) is 5.96. The summed E-state index contributed by atoms with van der Waals surface area (Å²) in [4.78, 5) is 61.9. The molecule has 0 N–H and O–H groups in total. The third-order valence-corrected chi connectivity index (χ3v) is 5.78. The lowest BCUT2D eigenvalue weighted by molar-refractivity contribution is -0.175. The molecular weight excluding hydrogens is 484 g/mol. The number of hydrogen-bond acceptors (Lipinski definition) is 10. The van der Waals surface area contributed by atoms with E-state index in [-0.39, 0.29) is 29.2 Å². The van der Waals surface area contributed by atoms with Crippen molar-refractivity contribution in [2.45, 2.75) is 53.2 Å². The standard InChI is InChI=1S/C27H28O10/c1-7-8-19-10-18-11-23(31)27(6,25(36-17(5)30)21(18)13-33-19)37-26(32)24-14(2)9-20(34-15(3)28)12-22(24)35-16(4)29/h7-12,21,25H,13H2,1-6H3/b8-7-/t21-,25+,27-/m0/s1. The Balaban J connectivity index is 2.05. The van der Waals surface area contributed by atoms with E-state index in [1.807, 2.05) is 6.92 Å². The Kier molecular flexibility index (Phi) is 8.00. The zero-order valence-corrected chi connectivity index (χ0v) is 21.4. The van der Waals surface area contributed by atoms with E-state index in [2.05, 4.69) is 0 Å². The molecule has 1 heterocycles. The van der Waals surface area contributed by atoms with Crippen molar-refractivity contribution in [1.29, 1.82) is 0 Å². The summed E-state index contributed by atoms with van der Waals surface area (Å²) in [5, 5.41) is 0. The molecule has 0 aromatic heterocycles. The Labute approximate surface area is 213 Å². The first-order valence-corrected chi connectivity index (χ1v) is 11.5. The Bertz CT molecular complexity index is 1250. The van der Waals surface area contributed by atoms with Crippen molar-refractivity contribution in [1.82, 2.24) is 0 Å². The van der Waals surface area contributed by atoms with E-state index in [0.717, 1.165) is 6.92 Å². The molecule has 3 atom stereocenters. The summed E-state index contributed by atoms with van der Waals surface area (Å²) in [5.74, 6) is -3.85. The van der Waals surface area contributed by atoms with Crippen molar-refractivity contribution < 1.29 is 47.7 Å². The van der Waals surface area contributed by atoms with Crippen LogP contribution in [-0.2, 0) is 33.4 Å². The van der Waals surface area contributed by atoms with Gasteiger partial charge in [0.25, 0.3) is 0 Å². The number of hydrogen-bond donors (Lipinski definition) is 0. The number of allylic oxidation sites excluding steroid dienone is 3. The van der Waals surface area contributed by atoms with Crippen LogP contribution in [0.3, 0.4) is 0 Å². The highest BCUT2D eigenvalue weighted by molar-refractivity contribution is 6.03. The van der Waals surface area contributed by atoms with Gasteiger partial charge in [-0.05, 0) is 56.2 Å². The smallest absolute Gasteiger partial charge is 0.343 e. The van der Waals surface area contributed by atoms with Gasteiger partial charge in [-0.1, -0.05) is 6.08 Å². The van der Waals surface area contributed by atoms with Crippen LogP contribution in [0.25, 0.3) is 0 Å². The van der Waals surface area contributed by atoms with Crippen LogP contribution < -0.4 is 9.47 Å². The van der Waals surface area contributed by atoms with Gasteiger partial charge < -0.3 is 23.7 Å². The van der Waals surface area contributed by atoms with Crippen LogP contribution in [0.1, 0.15) is 50.5 Å². The molecule has 0 amide bonds. The number of benzene rings is 1. The van der Waals surface area contributed by atoms with Crippen molar-refractivity contribution in [3.8, 4) is 11.5 Å². The topological polar surface area (TPSA) is 132 Å². The minimum absolute atomic E-state index is 0.0474. The molecule has 1 aromatic carbocycles. The molecule has 2 aliphatic rings. The number of ketones is 1. The van der Waals surface area contributed by atoms with E-state index >= 15 is 0 Å². The van der Waals surface area contributed by atoms with Gasteiger partial charge in [-0.2, -0.15) is 0 Å². The summed E-state index contributed by atoms with van der Waals surface area (Å²) in [6.07, 6.45) is 5.33. The average Bonchev–Trinajstić information content (AvgIpc) is 2.76. The molecular formula is C27H28O10. The van der Waals surface area contributed by atoms with Crippen molar-refractivity contribution in [3.05, 3.63) is 58.9 Å². The van der Waals surface area contributed by atoms with Crippen molar-refractivity contribution >= 4 is 29.7 Å². The maximum atomic E-state index is 13.5. The van der Waals surface area contributed by atoms with Gasteiger partial charge in [-0.3, -0.25) is 19.2 Å². The van der Waals surface area contributed by atoms with Crippen molar-refractivity contribution in [2.75, 3.05) is 6.61 Å². The van der Waals surface area contributed by atoms with Gasteiger partial charge in [0.2, 0.25) is 11.4 Å². The molecule has 0 unspecified atom stereocenters. The summed E-state index contributed by atoms with van der Waals surface area (Å²) in [6, 6.07) is 2.58. The van der Waals surface area contributed by atoms with Crippen molar-refractivity contribution in [2.24, 2.45) is 5.92 Å². The van der Waals surface area contributed by atoms with Crippen molar-refractivity contribution in [3.63, 3.8) is 0 Å². The monoisotopic (exact) mass is 512 g/mol. The van der Waals surface area contributed by atoms with E-state index in [0.29, 0.717) is 11.3 Å². The summed E-state index contributed by atoms with van der Waals surface area (Å²) >= 11 is 0. The van der Waals surface area contributed by atoms with E-state index in [1.54, 1.807) is 18.2 Å². The fourth-order valence-electron chi connectivity index (χ4n) is 4.26. The first-order valence-electron chi connectivity index (χ1n) is 11.5. The molecule has 0 fully saturated rings. The van der Waals surface area contributed by atoms with Crippen LogP contribution in [0.2, 0.25) is 0 Å². The number of rotatable bonds is 6. The number of ether oxygens (including phenoxy) is 5. The van der Waals surface area contributed by atoms with Crippen LogP contribution in [0.5, 0.6) is 11.5 Å². The quantitative estimate of drug-likeness (QED) is 0.413. The second-order valence-electron chi connectivity index (χ2n) is 8.80. The molecule has 1 aliphatic heterocycles. The minimum atomic E-state index is -1.92. The minimum Gasteiger partial charge on any atom is -0.493 e. The Morgan fingerprint density at radius 2 is 1.70 bits per heavy atom. The molecule has 10 heteroatoms. The zero-order valence-electron chi connectivity index (χ0n) is 21.4. The van der Waals surface area contributed by atoms with Gasteiger partial charge in [-0.15, -0.1) is 0 Å². The molecule has 1 aliphatic carbocycles. The third-order valence-electron chi connectivity index (χ3n) is 5.78. The summed E-state index contributed by atoms with van der Waals surface area (Å²) in [6.45, 7) is 8.29. The maximum absolute atomic E-state index is 13.5. The molecule has 0 spiro atoms. The largest absolute Gasteiger partial charge is 0.493 e. The molecule has 0 saturated heterocycles. The fourth-order valence-corrected chi connectivity index (χ4v) is 4.26. The van der Waals surface area contributed by atoms with E-state index in [9.17, 15) is 24.0 Å². The lowest BCUT2D eigenvalue weighted by Gasteiger charge is -2.43. The molecule has 3 rings (SSSR count). The van der Waals surface area contributed by atoms with Crippen LogP contribution in [0, 0.1) is 12.8 Å². The number of fused-ring (bicyclic) bond motifs is 1. The molecule has 196 valence electrons. The first kappa shape index (κ1) is 27.4. The van der Waals surface area contributed by atoms with Crippen LogP contribution in [0.4, 0.5) is 0 Å². The molecule has 37 heavy (non-hydrogen) atoms. The maximum Gasteiger partial charge on any atom is 0.343 e. The van der Waals surface area contributed by atoms with Crippen LogP contribution in [0.15, 0.2) is 47.8 Å². The number of aryl methyl sites for hydroxylation is 1. The normalized spacial score (nSPS) is 22.7.